The van der Waals surface area contributed by atoms with E-state index in [1.807, 2.05) is 33.8 Å². The Kier molecular flexibility index (Phi) is 11.9. The van der Waals surface area contributed by atoms with Crippen molar-refractivity contribution in [3.8, 4) is 0 Å². The fourth-order valence-corrected chi connectivity index (χ4v) is 7.08. The van der Waals surface area contributed by atoms with Gasteiger partial charge in [-0.25, -0.2) is 14.2 Å². The molecule has 1 aliphatic carbocycles. The first-order chi connectivity index (χ1) is 22.2. The lowest BCUT2D eigenvalue weighted by molar-refractivity contribution is -0.145. The SMILES string of the molecule is COC(=O)CCC1CC(C)(C)N(NC(=O)[C@H](CC2CCCCC2)NC(=O)OC(c2cccc(F)c2)C(C)(C)c2cccc(Cl)c2)C1=O. The Morgan fingerprint density at radius 2 is 1.79 bits per heavy atom. The summed E-state index contributed by atoms with van der Waals surface area (Å²) in [5.74, 6) is -1.95. The number of rotatable bonds is 12. The summed E-state index contributed by atoms with van der Waals surface area (Å²) in [6.07, 6.45) is 4.50. The summed E-state index contributed by atoms with van der Waals surface area (Å²) in [5, 5.41) is 4.63. The van der Waals surface area contributed by atoms with Crippen LogP contribution in [0.25, 0.3) is 0 Å². The maximum atomic E-state index is 14.4. The monoisotopic (exact) mass is 671 g/mol. The van der Waals surface area contributed by atoms with Gasteiger partial charge in [0, 0.05) is 22.8 Å². The average molecular weight is 672 g/mol. The molecule has 2 unspecified atom stereocenters. The molecule has 0 spiro atoms. The second-order valence-electron chi connectivity index (χ2n) is 14.0. The molecule has 1 heterocycles. The van der Waals surface area contributed by atoms with Crippen molar-refractivity contribution in [3.63, 3.8) is 0 Å². The molecule has 11 heteroatoms. The van der Waals surface area contributed by atoms with Gasteiger partial charge in [-0.1, -0.05) is 81.8 Å². The van der Waals surface area contributed by atoms with Gasteiger partial charge in [0.1, 0.15) is 18.0 Å². The number of hydrogen-bond acceptors (Lipinski definition) is 6. The first-order valence-corrected chi connectivity index (χ1v) is 16.8. The van der Waals surface area contributed by atoms with Crippen molar-refractivity contribution in [1.82, 2.24) is 15.8 Å². The Labute approximate surface area is 281 Å². The van der Waals surface area contributed by atoms with Gasteiger partial charge < -0.3 is 14.8 Å². The summed E-state index contributed by atoms with van der Waals surface area (Å²) in [6, 6.07) is 12.1. The van der Waals surface area contributed by atoms with E-state index in [-0.39, 0.29) is 18.2 Å². The molecule has 3 amide bonds. The molecule has 9 nitrogen and oxygen atoms in total. The average Bonchev–Trinajstić information content (AvgIpc) is 3.25. The van der Waals surface area contributed by atoms with Crippen LogP contribution in [0.15, 0.2) is 48.5 Å². The van der Waals surface area contributed by atoms with E-state index in [4.69, 9.17) is 21.1 Å². The van der Waals surface area contributed by atoms with Crippen LogP contribution >= 0.6 is 11.6 Å². The Bertz CT molecular complexity index is 1440. The summed E-state index contributed by atoms with van der Waals surface area (Å²) in [5.41, 5.74) is 2.46. The number of carbonyl (C=O) groups excluding carboxylic acids is 4. The van der Waals surface area contributed by atoms with Crippen LogP contribution in [0.1, 0.15) is 103 Å². The van der Waals surface area contributed by atoms with Gasteiger partial charge in [0.05, 0.1) is 12.6 Å². The predicted molar refractivity (Wildman–Crippen MR) is 177 cm³/mol. The molecule has 2 fully saturated rings. The van der Waals surface area contributed by atoms with Crippen LogP contribution in [-0.4, -0.2) is 47.6 Å². The zero-order valence-electron chi connectivity index (χ0n) is 27.9. The van der Waals surface area contributed by atoms with Crippen LogP contribution < -0.4 is 10.7 Å². The molecule has 1 saturated heterocycles. The van der Waals surface area contributed by atoms with Crippen LogP contribution in [0.2, 0.25) is 5.02 Å². The molecule has 4 rings (SSSR count). The van der Waals surface area contributed by atoms with E-state index in [1.165, 1.54) is 24.3 Å². The molecule has 2 aromatic rings. The third-order valence-electron chi connectivity index (χ3n) is 9.57. The zero-order valence-corrected chi connectivity index (χ0v) is 28.7. The smallest absolute Gasteiger partial charge is 0.408 e. The molecule has 1 aliphatic heterocycles. The molecular formula is C36H47ClFN3O6. The van der Waals surface area contributed by atoms with Gasteiger partial charge in [-0.3, -0.25) is 19.8 Å². The van der Waals surface area contributed by atoms with Crippen LogP contribution in [0.4, 0.5) is 9.18 Å². The third-order valence-corrected chi connectivity index (χ3v) is 9.81. The third kappa shape index (κ3) is 9.24. The van der Waals surface area contributed by atoms with Crippen molar-refractivity contribution in [2.75, 3.05) is 7.11 Å². The van der Waals surface area contributed by atoms with Crippen molar-refractivity contribution in [2.24, 2.45) is 11.8 Å². The Morgan fingerprint density at radius 3 is 2.45 bits per heavy atom. The van der Waals surface area contributed by atoms with E-state index in [2.05, 4.69) is 10.7 Å². The van der Waals surface area contributed by atoms with Crippen LogP contribution in [0.5, 0.6) is 0 Å². The molecule has 3 atom stereocenters. The van der Waals surface area contributed by atoms with E-state index in [1.54, 1.807) is 30.3 Å². The van der Waals surface area contributed by atoms with Crippen molar-refractivity contribution < 1.29 is 33.0 Å². The number of esters is 1. The van der Waals surface area contributed by atoms with Gasteiger partial charge in [-0.15, -0.1) is 0 Å². The molecule has 47 heavy (non-hydrogen) atoms. The number of amides is 3. The van der Waals surface area contributed by atoms with Gasteiger partial charge in [0.2, 0.25) is 5.91 Å². The highest BCUT2D eigenvalue weighted by Crippen LogP contribution is 2.41. The standard InChI is InChI=1S/C36H47ClFN3O6/c1-35(2)22-25(17-18-30(42)46-5)33(44)41(35)40-32(43)29(19-23-11-7-6-8-12-23)39-34(45)47-31(24-13-9-16-28(38)20-24)36(3,4)26-14-10-15-27(37)21-26/h9-10,13-16,20-21,23,25,29,31H,6-8,11-12,17-19,22H2,1-5H3,(H,39,45)(H,40,43)/t25?,29-,31?/m0/s1. The number of hydrazine groups is 1. The van der Waals surface area contributed by atoms with Crippen molar-refractivity contribution >= 4 is 35.5 Å². The molecule has 2 aliphatic rings. The topological polar surface area (TPSA) is 114 Å². The number of nitrogens with one attached hydrogen (secondary N) is 2. The van der Waals surface area contributed by atoms with E-state index >= 15 is 0 Å². The fraction of sp³-hybridized carbons (Fsp3) is 0.556. The molecule has 1 saturated carbocycles. The first-order valence-electron chi connectivity index (χ1n) is 16.4. The van der Waals surface area contributed by atoms with Crippen LogP contribution in [0.3, 0.4) is 0 Å². The number of ether oxygens (including phenoxy) is 2. The highest BCUT2D eigenvalue weighted by molar-refractivity contribution is 6.30. The number of nitrogens with zero attached hydrogens (tertiary/aromatic N) is 1. The largest absolute Gasteiger partial charge is 0.469 e. The Hall–Kier alpha value is -3.66. The number of methoxy groups -OCH3 is 1. The summed E-state index contributed by atoms with van der Waals surface area (Å²) in [7, 11) is 1.30. The minimum absolute atomic E-state index is 0.0977. The number of carbonyl (C=O) groups is 4. The van der Waals surface area contributed by atoms with E-state index in [0.29, 0.717) is 29.8 Å². The van der Waals surface area contributed by atoms with Crippen LogP contribution in [0, 0.1) is 17.7 Å². The van der Waals surface area contributed by atoms with Gasteiger partial charge in [-0.05, 0) is 74.4 Å². The second kappa shape index (κ2) is 15.5. The minimum Gasteiger partial charge on any atom is -0.469 e. The Morgan fingerprint density at radius 1 is 1.09 bits per heavy atom. The van der Waals surface area contributed by atoms with Crippen LogP contribution in [-0.2, 0) is 29.3 Å². The van der Waals surface area contributed by atoms with Gasteiger partial charge in [-0.2, -0.15) is 0 Å². The first kappa shape index (κ1) is 36.2. The highest BCUT2D eigenvalue weighted by atomic mass is 35.5. The molecule has 256 valence electrons. The normalized spacial score (nSPS) is 19.5. The molecule has 2 N–H and O–H groups in total. The molecule has 0 radical (unpaired) electrons. The summed E-state index contributed by atoms with van der Waals surface area (Å²) < 4.78 is 25.2. The fourth-order valence-electron chi connectivity index (χ4n) is 6.89. The summed E-state index contributed by atoms with van der Waals surface area (Å²) in [6.45, 7) is 7.46. The van der Waals surface area contributed by atoms with E-state index < -0.39 is 52.8 Å². The highest BCUT2D eigenvalue weighted by Gasteiger charge is 2.46. The second-order valence-corrected chi connectivity index (χ2v) is 14.4. The molecule has 0 bridgehead atoms. The van der Waals surface area contributed by atoms with Crippen molar-refractivity contribution in [1.29, 1.82) is 0 Å². The number of benzene rings is 2. The van der Waals surface area contributed by atoms with Gasteiger partial charge in [0.25, 0.3) is 5.91 Å². The molecule has 0 aromatic heterocycles. The lowest BCUT2D eigenvalue weighted by Gasteiger charge is -2.36. The number of halogens is 2. The summed E-state index contributed by atoms with van der Waals surface area (Å²) >= 11 is 6.30. The lowest BCUT2D eigenvalue weighted by atomic mass is 9.76. The molecular weight excluding hydrogens is 625 g/mol. The quantitative estimate of drug-likeness (QED) is 0.231. The maximum absolute atomic E-state index is 14.4. The Balaban J connectivity index is 1.56. The number of hydrogen-bond donors (Lipinski definition) is 2. The molecule has 2 aromatic carbocycles. The van der Waals surface area contributed by atoms with Crippen molar-refractivity contribution in [2.45, 2.75) is 109 Å². The van der Waals surface area contributed by atoms with E-state index in [0.717, 1.165) is 37.7 Å². The number of alkyl carbamates (subject to hydrolysis) is 1. The van der Waals surface area contributed by atoms with Gasteiger partial charge in [0.15, 0.2) is 0 Å². The van der Waals surface area contributed by atoms with Crippen molar-refractivity contribution in [3.05, 3.63) is 70.5 Å². The lowest BCUT2D eigenvalue weighted by Crippen LogP contribution is -2.58. The van der Waals surface area contributed by atoms with Gasteiger partial charge >= 0.3 is 12.1 Å². The predicted octanol–water partition coefficient (Wildman–Crippen LogP) is 7.17. The zero-order chi connectivity index (χ0) is 34.4. The summed E-state index contributed by atoms with van der Waals surface area (Å²) in [4.78, 5) is 52.7. The van der Waals surface area contributed by atoms with E-state index in [9.17, 15) is 23.6 Å². The minimum atomic E-state index is -0.995. The maximum Gasteiger partial charge on any atom is 0.408 e.